The Kier molecular flexibility index (Phi) is 11.4. The van der Waals surface area contributed by atoms with E-state index in [1.807, 2.05) is 42.5 Å². The molecule has 6 N–H and O–H groups in total. The third-order valence-electron chi connectivity index (χ3n) is 4.79. The number of benzene rings is 2. The van der Waals surface area contributed by atoms with Crippen LogP contribution in [0.1, 0.15) is 24.4 Å². The number of nitrogens with one attached hydrogen (secondary N) is 3. The third-order valence-corrected chi connectivity index (χ3v) is 4.79. The number of aliphatic hydroxyl groups excluding tert-OH is 2. The van der Waals surface area contributed by atoms with Crippen molar-refractivity contribution in [2.75, 3.05) is 25.1 Å². The normalized spacial score (nSPS) is 11.6. The molecule has 1 unspecified atom stereocenters. The lowest BCUT2D eigenvalue weighted by Crippen LogP contribution is -2.33. The van der Waals surface area contributed by atoms with Crippen molar-refractivity contribution in [3.8, 4) is 16.9 Å². The molecule has 3 rings (SSSR count). The number of carboxylic acid groups (broad SMARTS) is 1. The molecule has 37 heavy (non-hydrogen) atoms. The molecule has 2 amide bonds. The first-order valence-corrected chi connectivity index (χ1v) is 11.1. The van der Waals surface area contributed by atoms with Gasteiger partial charge in [0, 0.05) is 31.4 Å². The van der Waals surface area contributed by atoms with Gasteiger partial charge in [-0.25, -0.2) is 9.59 Å². The lowest BCUT2D eigenvalue weighted by molar-refractivity contribution is -0.192. The zero-order chi connectivity index (χ0) is 27.3. The quantitative estimate of drug-likeness (QED) is 0.221. The Morgan fingerprint density at radius 1 is 1.05 bits per heavy atom. The van der Waals surface area contributed by atoms with E-state index in [-0.39, 0.29) is 19.3 Å². The number of aliphatic carboxylic acids is 1. The van der Waals surface area contributed by atoms with Gasteiger partial charge in [-0.1, -0.05) is 36.4 Å². The smallest absolute Gasteiger partial charge is 0.490 e. The summed E-state index contributed by atoms with van der Waals surface area (Å²) in [5.41, 5.74) is 3.20. The van der Waals surface area contributed by atoms with Crippen molar-refractivity contribution in [1.29, 1.82) is 0 Å². The van der Waals surface area contributed by atoms with Gasteiger partial charge in [-0.05, 0) is 29.7 Å². The highest BCUT2D eigenvalue weighted by atomic mass is 19.4. The molecule has 0 radical (unpaired) electrons. The molecule has 2 aromatic carbocycles. The molecule has 0 saturated heterocycles. The summed E-state index contributed by atoms with van der Waals surface area (Å²) in [4.78, 5) is 21.5. The van der Waals surface area contributed by atoms with Crippen molar-refractivity contribution in [2.24, 2.45) is 0 Å². The van der Waals surface area contributed by atoms with Crippen molar-refractivity contribution in [3.63, 3.8) is 0 Å². The highest BCUT2D eigenvalue weighted by molar-refractivity contribution is 5.91. The Bertz CT molecular complexity index is 1110. The van der Waals surface area contributed by atoms with E-state index in [9.17, 15) is 23.1 Å². The van der Waals surface area contributed by atoms with Crippen molar-refractivity contribution < 1.29 is 42.8 Å². The van der Waals surface area contributed by atoms with Crippen LogP contribution in [-0.4, -0.2) is 63.5 Å². The second-order valence-electron chi connectivity index (χ2n) is 7.50. The summed E-state index contributed by atoms with van der Waals surface area (Å²) in [6.45, 7) is 0.290. The Hall–Kier alpha value is -4.10. The number of carboxylic acids is 1. The second kappa shape index (κ2) is 14.5. The third kappa shape index (κ3) is 9.82. The molecule has 0 saturated carbocycles. The van der Waals surface area contributed by atoms with Crippen LogP contribution in [0.5, 0.6) is 5.75 Å². The average molecular weight is 524 g/mol. The Morgan fingerprint density at radius 2 is 1.76 bits per heavy atom. The van der Waals surface area contributed by atoms with Gasteiger partial charge in [0.1, 0.15) is 5.75 Å². The maximum Gasteiger partial charge on any atom is 0.490 e. The minimum atomic E-state index is -5.08. The van der Waals surface area contributed by atoms with Crippen molar-refractivity contribution in [2.45, 2.75) is 25.1 Å². The van der Waals surface area contributed by atoms with E-state index < -0.39 is 18.2 Å². The molecule has 0 bridgehead atoms. The summed E-state index contributed by atoms with van der Waals surface area (Å²) in [5.74, 6) is -2.26. The molecule has 0 fully saturated rings. The monoisotopic (exact) mass is 524 g/mol. The predicted octanol–water partition coefficient (Wildman–Crippen LogP) is 3.72. The summed E-state index contributed by atoms with van der Waals surface area (Å²) in [6.07, 6.45) is -0.733. The number of hydrogen-bond acceptors (Lipinski definition) is 6. The number of amides is 2. The maximum absolute atomic E-state index is 12.7. The van der Waals surface area contributed by atoms with Crippen LogP contribution in [0, 0.1) is 0 Å². The summed E-state index contributed by atoms with van der Waals surface area (Å²) < 4.78 is 37.5. The van der Waals surface area contributed by atoms with Crippen molar-refractivity contribution >= 4 is 17.7 Å². The molecule has 0 spiro atoms. The molecular weight excluding hydrogens is 497 g/mol. The standard InChI is InChI=1S/C22H26N4O4.C2HF3O2/c27-10-4-12-30-21-13-17(18-14-23-24-15-18)7-8-20(21)26-22(29)25-19(9-11-28)16-5-2-1-3-6-16;3-2(4,5)1(6)7/h1-3,5-8,13-15,19,27-28H,4,9-12H2,(H,23,24)(H2,25,26,29);(H,6,7). The minimum absolute atomic E-state index is 0.0184. The lowest BCUT2D eigenvalue weighted by atomic mass is 10.0. The maximum atomic E-state index is 12.7. The summed E-state index contributed by atoms with van der Waals surface area (Å²) >= 11 is 0. The fourth-order valence-electron chi connectivity index (χ4n) is 3.03. The van der Waals surface area contributed by atoms with Crippen LogP contribution in [0.25, 0.3) is 11.1 Å². The number of anilines is 1. The molecule has 13 heteroatoms. The van der Waals surface area contributed by atoms with E-state index in [2.05, 4.69) is 20.8 Å². The summed E-state index contributed by atoms with van der Waals surface area (Å²) in [5, 5.41) is 38.0. The molecule has 10 nitrogen and oxygen atoms in total. The van der Waals surface area contributed by atoms with E-state index in [4.69, 9.17) is 19.7 Å². The number of halogens is 3. The largest absolute Gasteiger partial charge is 0.491 e. The number of alkyl halides is 3. The van der Waals surface area contributed by atoms with Gasteiger partial charge in [-0.15, -0.1) is 0 Å². The molecule has 200 valence electrons. The van der Waals surface area contributed by atoms with E-state index in [1.54, 1.807) is 18.5 Å². The number of carbonyl (C=O) groups is 2. The van der Waals surface area contributed by atoms with E-state index >= 15 is 0 Å². The number of carbonyl (C=O) groups excluding carboxylic acids is 1. The number of aliphatic hydroxyl groups is 2. The molecule has 3 aromatic rings. The number of H-pyrrole nitrogens is 1. The average Bonchev–Trinajstić information content (AvgIpc) is 3.40. The topological polar surface area (TPSA) is 157 Å². The van der Waals surface area contributed by atoms with Crippen LogP contribution in [0.15, 0.2) is 60.9 Å². The first-order valence-electron chi connectivity index (χ1n) is 11.1. The Balaban J connectivity index is 0.000000604. The van der Waals surface area contributed by atoms with Crippen LogP contribution in [0.4, 0.5) is 23.7 Å². The summed E-state index contributed by atoms with van der Waals surface area (Å²) in [7, 11) is 0. The fraction of sp³-hybridized carbons (Fsp3) is 0.292. The number of nitrogens with zero attached hydrogens (tertiary/aromatic N) is 1. The van der Waals surface area contributed by atoms with Crippen LogP contribution >= 0.6 is 0 Å². The van der Waals surface area contributed by atoms with Gasteiger partial charge in [0.2, 0.25) is 0 Å². The Labute approximate surface area is 210 Å². The number of urea groups is 1. The van der Waals surface area contributed by atoms with E-state index in [0.29, 0.717) is 30.9 Å². The highest BCUT2D eigenvalue weighted by Crippen LogP contribution is 2.31. The fourth-order valence-corrected chi connectivity index (χ4v) is 3.03. The molecule has 0 aliphatic heterocycles. The molecule has 0 aliphatic carbocycles. The van der Waals surface area contributed by atoms with Crippen LogP contribution in [-0.2, 0) is 4.79 Å². The van der Waals surface area contributed by atoms with Gasteiger partial charge in [-0.2, -0.15) is 18.3 Å². The number of ether oxygens (including phenoxy) is 1. The van der Waals surface area contributed by atoms with Crippen LogP contribution in [0.3, 0.4) is 0 Å². The molecular formula is C24H27F3N4O6. The van der Waals surface area contributed by atoms with Crippen molar-refractivity contribution in [1.82, 2.24) is 15.5 Å². The number of rotatable bonds is 10. The van der Waals surface area contributed by atoms with E-state index in [0.717, 1.165) is 16.7 Å². The zero-order valence-corrected chi connectivity index (χ0v) is 19.5. The first-order chi connectivity index (χ1) is 17.7. The predicted molar refractivity (Wildman–Crippen MR) is 128 cm³/mol. The van der Waals surface area contributed by atoms with Gasteiger partial charge < -0.3 is 30.7 Å². The molecule has 1 atom stereocenters. The second-order valence-corrected chi connectivity index (χ2v) is 7.50. The van der Waals surface area contributed by atoms with E-state index in [1.165, 1.54) is 0 Å². The SMILES string of the molecule is O=C(Nc1ccc(-c2cn[nH]c2)cc1OCCCO)NC(CCO)c1ccccc1.O=C(O)C(F)(F)F. The van der Waals surface area contributed by atoms with Gasteiger partial charge in [-0.3, -0.25) is 5.10 Å². The van der Waals surface area contributed by atoms with Gasteiger partial charge in [0.15, 0.2) is 0 Å². The van der Waals surface area contributed by atoms with Gasteiger partial charge in [0.25, 0.3) is 0 Å². The Morgan fingerprint density at radius 3 is 2.32 bits per heavy atom. The lowest BCUT2D eigenvalue weighted by Gasteiger charge is -2.20. The van der Waals surface area contributed by atoms with Gasteiger partial charge >= 0.3 is 18.2 Å². The zero-order valence-electron chi connectivity index (χ0n) is 19.5. The molecule has 1 aromatic heterocycles. The van der Waals surface area contributed by atoms with Gasteiger partial charge in [0.05, 0.1) is 24.5 Å². The molecule has 1 heterocycles. The van der Waals surface area contributed by atoms with Crippen molar-refractivity contribution in [3.05, 3.63) is 66.5 Å². The molecule has 0 aliphatic rings. The van der Waals surface area contributed by atoms with Crippen LogP contribution in [0.2, 0.25) is 0 Å². The number of aromatic nitrogens is 2. The first kappa shape index (κ1) is 29.1. The summed E-state index contributed by atoms with van der Waals surface area (Å²) in [6, 6.07) is 14.2. The number of aromatic amines is 1. The highest BCUT2D eigenvalue weighted by Gasteiger charge is 2.38. The van der Waals surface area contributed by atoms with Crippen LogP contribution < -0.4 is 15.4 Å². The minimum Gasteiger partial charge on any atom is -0.491 e. The number of hydrogen-bond donors (Lipinski definition) is 6.